The SMILES string of the molecule is Cc1[nH]c2ccccc2c1C1=C(Cc2ccc(F)cc2)C(=O)NC1=O. The van der Waals surface area contributed by atoms with E-state index >= 15 is 0 Å². The number of hydrogen-bond acceptors (Lipinski definition) is 2. The summed E-state index contributed by atoms with van der Waals surface area (Å²) >= 11 is 0. The Kier molecular flexibility index (Phi) is 3.50. The molecule has 0 saturated carbocycles. The molecule has 2 N–H and O–H groups in total. The van der Waals surface area contributed by atoms with Crippen molar-refractivity contribution < 1.29 is 14.0 Å². The highest BCUT2D eigenvalue weighted by atomic mass is 19.1. The van der Waals surface area contributed by atoms with E-state index in [1.165, 1.54) is 12.1 Å². The number of fused-ring (bicyclic) bond motifs is 1. The number of aromatic nitrogens is 1. The molecule has 1 aliphatic rings. The summed E-state index contributed by atoms with van der Waals surface area (Å²) in [6.07, 6.45) is 0.270. The largest absolute Gasteiger partial charge is 0.358 e. The maximum Gasteiger partial charge on any atom is 0.259 e. The Bertz CT molecular complexity index is 1050. The van der Waals surface area contributed by atoms with Crippen LogP contribution in [0.15, 0.2) is 54.1 Å². The topological polar surface area (TPSA) is 62.0 Å². The number of aryl methyl sites for hydroxylation is 1. The van der Waals surface area contributed by atoms with Gasteiger partial charge in [0, 0.05) is 34.2 Å². The van der Waals surface area contributed by atoms with Crippen LogP contribution in [0.5, 0.6) is 0 Å². The molecule has 1 aromatic heterocycles. The molecule has 4 rings (SSSR count). The summed E-state index contributed by atoms with van der Waals surface area (Å²) < 4.78 is 13.1. The maximum absolute atomic E-state index is 13.1. The first-order chi connectivity index (χ1) is 12.0. The molecule has 0 aliphatic carbocycles. The van der Waals surface area contributed by atoms with E-state index in [-0.39, 0.29) is 12.2 Å². The summed E-state index contributed by atoms with van der Waals surface area (Å²) in [5, 5.41) is 3.29. The highest BCUT2D eigenvalue weighted by Crippen LogP contribution is 2.34. The van der Waals surface area contributed by atoms with Crippen molar-refractivity contribution >= 4 is 28.3 Å². The third-order valence-electron chi connectivity index (χ3n) is 4.47. The third-order valence-corrected chi connectivity index (χ3v) is 4.47. The number of aromatic amines is 1. The minimum atomic E-state index is -0.394. The summed E-state index contributed by atoms with van der Waals surface area (Å²) in [6.45, 7) is 1.88. The molecule has 4 nitrogen and oxygen atoms in total. The van der Waals surface area contributed by atoms with Crippen molar-refractivity contribution in [3.8, 4) is 0 Å². The zero-order chi connectivity index (χ0) is 17.6. The van der Waals surface area contributed by atoms with Gasteiger partial charge in [-0.1, -0.05) is 30.3 Å². The van der Waals surface area contributed by atoms with Gasteiger partial charge < -0.3 is 4.98 Å². The summed E-state index contributed by atoms with van der Waals surface area (Å²) in [7, 11) is 0. The molecule has 2 amide bonds. The standard InChI is InChI=1S/C20H15FN2O2/c1-11-17(14-4-2-3-5-16(14)22-11)18-15(19(24)23-20(18)25)10-12-6-8-13(21)9-7-12/h2-9,22H,10H2,1H3,(H,23,24,25). The number of para-hydroxylation sites is 1. The van der Waals surface area contributed by atoms with E-state index in [1.54, 1.807) is 12.1 Å². The second-order valence-electron chi connectivity index (χ2n) is 6.11. The Morgan fingerprint density at radius 2 is 1.68 bits per heavy atom. The second kappa shape index (κ2) is 5.70. The number of rotatable bonds is 3. The Balaban J connectivity index is 1.89. The van der Waals surface area contributed by atoms with Crippen LogP contribution in [0.3, 0.4) is 0 Å². The average molecular weight is 334 g/mol. The molecule has 0 unspecified atom stereocenters. The van der Waals surface area contributed by atoms with E-state index < -0.39 is 11.8 Å². The molecular weight excluding hydrogens is 319 g/mol. The van der Waals surface area contributed by atoms with Crippen LogP contribution in [0, 0.1) is 12.7 Å². The molecule has 1 aliphatic heterocycles. The molecule has 0 bridgehead atoms. The summed E-state index contributed by atoms with van der Waals surface area (Å²) in [5.41, 5.74) is 4.06. The molecule has 2 heterocycles. The molecule has 0 saturated heterocycles. The van der Waals surface area contributed by atoms with Crippen molar-refractivity contribution in [1.82, 2.24) is 10.3 Å². The number of imide groups is 1. The van der Waals surface area contributed by atoms with Gasteiger partial charge in [0.15, 0.2) is 0 Å². The third kappa shape index (κ3) is 2.54. The number of amides is 2. The second-order valence-corrected chi connectivity index (χ2v) is 6.11. The number of carbonyl (C=O) groups excluding carboxylic acids is 2. The monoisotopic (exact) mass is 334 g/mol. The number of nitrogens with one attached hydrogen (secondary N) is 2. The minimum Gasteiger partial charge on any atom is -0.358 e. The Morgan fingerprint density at radius 3 is 2.44 bits per heavy atom. The lowest BCUT2D eigenvalue weighted by Crippen LogP contribution is -2.23. The van der Waals surface area contributed by atoms with Gasteiger partial charge in [0.25, 0.3) is 11.8 Å². The van der Waals surface area contributed by atoms with Gasteiger partial charge in [-0.2, -0.15) is 0 Å². The molecular formula is C20H15FN2O2. The Hall–Kier alpha value is -3.21. The highest BCUT2D eigenvalue weighted by molar-refractivity contribution is 6.37. The fraction of sp³-hybridized carbons (Fsp3) is 0.100. The molecule has 124 valence electrons. The quantitative estimate of drug-likeness (QED) is 0.722. The van der Waals surface area contributed by atoms with Crippen LogP contribution >= 0.6 is 0 Å². The molecule has 0 spiro atoms. The van der Waals surface area contributed by atoms with Gasteiger partial charge in [-0.05, 0) is 30.7 Å². The number of benzene rings is 2. The van der Waals surface area contributed by atoms with Crippen LogP contribution in [-0.2, 0) is 16.0 Å². The number of hydrogen-bond donors (Lipinski definition) is 2. The van der Waals surface area contributed by atoms with Crippen LogP contribution in [0.4, 0.5) is 4.39 Å². The molecule has 0 radical (unpaired) electrons. The van der Waals surface area contributed by atoms with Crippen molar-refractivity contribution in [2.45, 2.75) is 13.3 Å². The molecule has 0 fully saturated rings. The minimum absolute atomic E-state index is 0.270. The van der Waals surface area contributed by atoms with Crippen LogP contribution in [0.25, 0.3) is 16.5 Å². The lowest BCUT2D eigenvalue weighted by atomic mass is 9.94. The Morgan fingerprint density at radius 1 is 0.960 bits per heavy atom. The molecule has 2 aromatic carbocycles. The number of halogens is 1. The van der Waals surface area contributed by atoms with E-state index in [4.69, 9.17) is 0 Å². The van der Waals surface area contributed by atoms with Gasteiger partial charge in [-0.15, -0.1) is 0 Å². The van der Waals surface area contributed by atoms with Crippen molar-refractivity contribution in [3.05, 3.63) is 76.7 Å². The van der Waals surface area contributed by atoms with Crippen molar-refractivity contribution in [1.29, 1.82) is 0 Å². The summed E-state index contributed by atoms with van der Waals surface area (Å²) in [4.78, 5) is 28.1. The first kappa shape index (κ1) is 15.3. The molecule has 25 heavy (non-hydrogen) atoms. The first-order valence-corrected chi connectivity index (χ1v) is 7.95. The van der Waals surface area contributed by atoms with E-state index in [1.807, 2.05) is 31.2 Å². The van der Waals surface area contributed by atoms with Gasteiger partial charge in [0.05, 0.1) is 5.57 Å². The van der Waals surface area contributed by atoms with E-state index in [2.05, 4.69) is 10.3 Å². The van der Waals surface area contributed by atoms with Gasteiger partial charge >= 0.3 is 0 Å². The molecule has 5 heteroatoms. The van der Waals surface area contributed by atoms with Crippen LogP contribution in [0.2, 0.25) is 0 Å². The van der Waals surface area contributed by atoms with Crippen LogP contribution in [0.1, 0.15) is 16.8 Å². The fourth-order valence-electron chi connectivity index (χ4n) is 3.33. The van der Waals surface area contributed by atoms with Crippen molar-refractivity contribution in [3.63, 3.8) is 0 Å². The maximum atomic E-state index is 13.1. The average Bonchev–Trinajstić information content (AvgIpc) is 3.05. The van der Waals surface area contributed by atoms with Crippen LogP contribution < -0.4 is 5.32 Å². The normalized spacial score (nSPS) is 14.5. The zero-order valence-corrected chi connectivity index (χ0v) is 13.5. The number of carbonyl (C=O) groups is 2. The fourth-order valence-corrected chi connectivity index (χ4v) is 3.33. The Labute approximate surface area is 143 Å². The van der Waals surface area contributed by atoms with Gasteiger partial charge in [0.2, 0.25) is 0 Å². The zero-order valence-electron chi connectivity index (χ0n) is 13.5. The van der Waals surface area contributed by atoms with Crippen molar-refractivity contribution in [2.24, 2.45) is 0 Å². The lowest BCUT2D eigenvalue weighted by molar-refractivity contribution is -0.123. The first-order valence-electron chi connectivity index (χ1n) is 7.95. The molecule has 3 aromatic rings. The number of H-pyrrole nitrogens is 1. The van der Waals surface area contributed by atoms with Gasteiger partial charge in [-0.25, -0.2) is 4.39 Å². The van der Waals surface area contributed by atoms with E-state index in [0.29, 0.717) is 11.1 Å². The molecule has 0 atom stereocenters. The summed E-state index contributed by atoms with van der Waals surface area (Å²) in [5.74, 6) is -1.12. The summed E-state index contributed by atoms with van der Waals surface area (Å²) in [6, 6.07) is 13.6. The van der Waals surface area contributed by atoms with Crippen molar-refractivity contribution in [2.75, 3.05) is 0 Å². The smallest absolute Gasteiger partial charge is 0.259 e. The predicted molar refractivity (Wildman–Crippen MR) is 93.2 cm³/mol. The van der Waals surface area contributed by atoms with Gasteiger partial charge in [0.1, 0.15) is 5.82 Å². The predicted octanol–water partition coefficient (Wildman–Crippen LogP) is 3.27. The lowest BCUT2D eigenvalue weighted by Gasteiger charge is -2.05. The van der Waals surface area contributed by atoms with E-state index in [9.17, 15) is 14.0 Å². The van der Waals surface area contributed by atoms with E-state index in [0.717, 1.165) is 27.7 Å². The van der Waals surface area contributed by atoms with Gasteiger partial charge in [-0.3, -0.25) is 14.9 Å². The van der Waals surface area contributed by atoms with Crippen LogP contribution in [-0.4, -0.2) is 16.8 Å². The highest BCUT2D eigenvalue weighted by Gasteiger charge is 2.33.